The fourth-order valence-corrected chi connectivity index (χ4v) is 4.31. The van der Waals surface area contributed by atoms with Crippen LogP contribution in [0.2, 0.25) is 0 Å². The third-order valence-electron chi connectivity index (χ3n) is 5.07. The number of halogens is 1. The summed E-state index contributed by atoms with van der Waals surface area (Å²) in [6.45, 7) is 1.20. The van der Waals surface area contributed by atoms with E-state index >= 15 is 0 Å². The van der Waals surface area contributed by atoms with Gasteiger partial charge in [0.2, 0.25) is 0 Å². The summed E-state index contributed by atoms with van der Waals surface area (Å²) in [5, 5.41) is 17.7. The van der Waals surface area contributed by atoms with Gasteiger partial charge in [-0.3, -0.25) is 4.98 Å². The number of rotatable bonds is 9. The van der Waals surface area contributed by atoms with Crippen LogP contribution in [0.4, 0.5) is 10.2 Å². The number of thiazole rings is 1. The van der Waals surface area contributed by atoms with Gasteiger partial charge < -0.3 is 20.7 Å². The van der Waals surface area contributed by atoms with Gasteiger partial charge >= 0.3 is 0 Å². The van der Waals surface area contributed by atoms with Gasteiger partial charge in [0.1, 0.15) is 34.4 Å². The third kappa shape index (κ3) is 4.80. The molecule has 0 bridgehead atoms. The van der Waals surface area contributed by atoms with E-state index in [-0.39, 0.29) is 12.4 Å². The fraction of sp³-hybridized carbons (Fsp3) is 0.227. The number of aliphatic hydroxyl groups is 1. The number of H-pyrrole nitrogens is 1. The normalized spacial score (nSPS) is 12.4. The number of hydrogen-bond acceptors (Lipinski definition) is 9. The van der Waals surface area contributed by atoms with Gasteiger partial charge in [-0.25, -0.2) is 24.3 Å². The Bertz CT molecular complexity index is 1350. The number of anilines is 1. The van der Waals surface area contributed by atoms with Crippen LogP contribution in [0.25, 0.3) is 21.4 Å². The lowest BCUT2D eigenvalue weighted by Gasteiger charge is -2.08. The number of pyridine rings is 1. The first kappa shape index (κ1) is 21.3. The number of aliphatic hydroxyl groups excluding tert-OH is 1. The lowest BCUT2D eigenvalue weighted by Crippen LogP contribution is -2.24. The molecule has 1 unspecified atom stereocenters. The van der Waals surface area contributed by atoms with E-state index < -0.39 is 6.10 Å². The molecule has 0 aliphatic carbocycles. The lowest BCUT2D eigenvalue weighted by atomic mass is 10.3. The molecular weight excluding hydrogens is 443 g/mol. The summed E-state index contributed by atoms with van der Waals surface area (Å²) in [6, 6.07) is 10.6. The first-order valence-corrected chi connectivity index (χ1v) is 11.3. The lowest BCUT2D eigenvalue weighted by molar-refractivity contribution is 0.166. The topological polar surface area (TPSA) is 125 Å². The van der Waals surface area contributed by atoms with Crippen LogP contribution in [0, 0.1) is 5.82 Å². The van der Waals surface area contributed by atoms with E-state index in [4.69, 9.17) is 0 Å². The van der Waals surface area contributed by atoms with Gasteiger partial charge in [-0.05, 0) is 24.3 Å². The van der Waals surface area contributed by atoms with Crippen molar-refractivity contribution in [3.8, 4) is 0 Å². The zero-order valence-electron chi connectivity index (χ0n) is 17.5. The van der Waals surface area contributed by atoms with Crippen LogP contribution in [0.5, 0.6) is 0 Å². The van der Waals surface area contributed by atoms with Crippen molar-refractivity contribution in [3.63, 3.8) is 0 Å². The van der Waals surface area contributed by atoms with Gasteiger partial charge in [0.15, 0.2) is 5.82 Å². The molecule has 168 valence electrons. The molecule has 1 aromatic carbocycles. The Morgan fingerprint density at radius 3 is 2.88 bits per heavy atom. The first-order valence-electron chi connectivity index (χ1n) is 10.4. The molecule has 33 heavy (non-hydrogen) atoms. The summed E-state index contributed by atoms with van der Waals surface area (Å²) in [5.74, 6) is 0.713. The highest BCUT2D eigenvalue weighted by Gasteiger charge is 2.14. The van der Waals surface area contributed by atoms with Crippen molar-refractivity contribution in [2.24, 2.45) is 0 Å². The largest absolute Gasteiger partial charge is 0.384 e. The third-order valence-corrected chi connectivity index (χ3v) is 6.10. The van der Waals surface area contributed by atoms with E-state index in [0.29, 0.717) is 42.4 Å². The smallest absolute Gasteiger partial charge is 0.157 e. The maximum absolute atomic E-state index is 13.8. The summed E-state index contributed by atoms with van der Waals surface area (Å²) in [5.41, 5.74) is 2.69. The second-order valence-corrected chi connectivity index (χ2v) is 8.44. The van der Waals surface area contributed by atoms with E-state index in [1.165, 1.54) is 23.7 Å². The zero-order valence-corrected chi connectivity index (χ0v) is 18.3. The highest BCUT2D eigenvalue weighted by atomic mass is 32.1. The fourth-order valence-electron chi connectivity index (χ4n) is 3.41. The highest BCUT2D eigenvalue weighted by Crippen LogP contribution is 2.25. The Morgan fingerprint density at radius 2 is 2.00 bits per heavy atom. The van der Waals surface area contributed by atoms with Gasteiger partial charge in [0.25, 0.3) is 0 Å². The van der Waals surface area contributed by atoms with E-state index in [2.05, 4.69) is 40.5 Å². The van der Waals surface area contributed by atoms with E-state index in [9.17, 15) is 9.50 Å². The number of nitrogens with one attached hydrogen (secondary N) is 3. The van der Waals surface area contributed by atoms with Crippen molar-refractivity contribution in [2.45, 2.75) is 19.1 Å². The van der Waals surface area contributed by atoms with Gasteiger partial charge in [-0.1, -0.05) is 23.5 Å². The molecule has 0 radical (unpaired) electrons. The van der Waals surface area contributed by atoms with Gasteiger partial charge in [0, 0.05) is 25.7 Å². The van der Waals surface area contributed by atoms with Gasteiger partial charge in [-0.15, -0.1) is 0 Å². The molecule has 9 nitrogen and oxygen atoms in total. The molecule has 4 N–H and O–H groups in total. The average molecular weight is 465 g/mol. The molecule has 5 rings (SSSR count). The van der Waals surface area contributed by atoms with E-state index in [1.54, 1.807) is 12.3 Å². The molecule has 0 aliphatic rings. The molecule has 0 spiro atoms. The van der Waals surface area contributed by atoms with Crippen LogP contribution in [0.15, 0.2) is 48.9 Å². The van der Waals surface area contributed by atoms with Crippen molar-refractivity contribution in [3.05, 3.63) is 71.3 Å². The Hall–Kier alpha value is -3.54. The van der Waals surface area contributed by atoms with Crippen molar-refractivity contribution >= 4 is 38.5 Å². The predicted octanol–water partition coefficient (Wildman–Crippen LogP) is 2.97. The molecule has 4 heterocycles. The van der Waals surface area contributed by atoms with Crippen molar-refractivity contribution in [1.29, 1.82) is 0 Å². The van der Waals surface area contributed by atoms with Crippen LogP contribution in [0.3, 0.4) is 0 Å². The molecular formula is C22H21FN8OS. The quantitative estimate of drug-likeness (QED) is 0.246. The molecule has 0 fully saturated rings. The minimum absolute atomic E-state index is 0.201. The SMILES string of the molecule is OC(CNCCc1nc2c(NCc3ncccc3F)ncnc2s1)c1nc2ccccc2[nH]1. The number of fused-ring (bicyclic) bond motifs is 2. The summed E-state index contributed by atoms with van der Waals surface area (Å²) < 4.78 is 13.8. The summed E-state index contributed by atoms with van der Waals surface area (Å²) >= 11 is 1.48. The number of imidazole rings is 1. The molecule has 11 heteroatoms. The highest BCUT2D eigenvalue weighted by molar-refractivity contribution is 7.18. The summed E-state index contributed by atoms with van der Waals surface area (Å²) in [4.78, 5) is 25.6. The van der Waals surface area contributed by atoms with Crippen LogP contribution in [-0.2, 0) is 13.0 Å². The van der Waals surface area contributed by atoms with Crippen molar-refractivity contribution in [1.82, 2.24) is 35.2 Å². The monoisotopic (exact) mass is 464 g/mol. The summed E-state index contributed by atoms with van der Waals surface area (Å²) in [6.07, 6.45) is 2.95. The van der Waals surface area contributed by atoms with Gasteiger partial charge in [0.05, 0.1) is 28.3 Å². The Labute approximate surface area is 192 Å². The Balaban J connectivity index is 1.17. The predicted molar refractivity (Wildman–Crippen MR) is 124 cm³/mol. The number of aromatic amines is 1. The number of nitrogens with zero attached hydrogens (tertiary/aromatic N) is 5. The number of aromatic nitrogens is 6. The first-order chi connectivity index (χ1) is 16.2. The average Bonchev–Trinajstić information content (AvgIpc) is 3.45. The van der Waals surface area contributed by atoms with Crippen LogP contribution in [-0.4, -0.2) is 48.1 Å². The van der Waals surface area contributed by atoms with E-state index in [1.807, 2.05) is 24.3 Å². The van der Waals surface area contributed by atoms with Gasteiger partial charge in [-0.2, -0.15) is 0 Å². The van der Waals surface area contributed by atoms with E-state index in [0.717, 1.165) is 20.9 Å². The standard InChI is InChI=1S/C22H21FN8OS/c23-13-4-3-8-25-16(13)10-26-21-19-22(28-12-27-21)33-18(31-19)7-9-24-11-17(32)20-29-14-5-1-2-6-15(14)30-20/h1-6,8,12,17,24,32H,7,9-11H2,(H,29,30)(H,26,27,28). The summed E-state index contributed by atoms with van der Waals surface area (Å²) in [7, 11) is 0. The Morgan fingerprint density at radius 1 is 1.09 bits per heavy atom. The van der Waals surface area contributed by atoms with Crippen LogP contribution >= 0.6 is 11.3 Å². The molecule has 5 aromatic rings. The maximum Gasteiger partial charge on any atom is 0.157 e. The minimum Gasteiger partial charge on any atom is -0.384 e. The second-order valence-electron chi connectivity index (χ2n) is 7.38. The number of hydrogen-bond donors (Lipinski definition) is 4. The molecule has 0 amide bonds. The zero-order chi connectivity index (χ0) is 22.6. The molecule has 4 aromatic heterocycles. The molecule has 0 aliphatic heterocycles. The second kappa shape index (κ2) is 9.53. The minimum atomic E-state index is -0.735. The van der Waals surface area contributed by atoms with Crippen LogP contribution in [0.1, 0.15) is 22.6 Å². The molecule has 1 atom stereocenters. The maximum atomic E-state index is 13.8. The number of benzene rings is 1. The molecule has 0 saturated heterocycles. The van der Waals surface area contributed by atoms with Crippen molar-refractivity contribution < 1.29 is 9.50 Å². The molecule has 0 saturated carbocycles. The van der Waals surface area contributed by atoms with Crippen molar-refractivity contribution in [2.75, 3.05) is 18.4 Å². The number of para-hydroxylation sites is 2. The Kier molecular flexibility index (Phi) is 6.15. The van der Waals surface area contributed by atoms with Crippen LogP contribution < -0.4 is 10.6 Å².